The summed E-state index contributed by atoms with van der Waals surface area (Å²) in [6, 6.07) is 12.6. The Morgan fingerprint density at radius 1 is 1.17 bits per heavy atom. The first kappa shape index (κ1) is 14.2. The number of ether oxygens (including phenoxy) is 1. The summed E-state index contributed by atoms with van der Waals surface area (Å²) in [6.45, 7) is 1.85. The summed E-state index contributed by atoms with van der Waals surface area (Å²) < 4.78 is 5.92. The van der Waals surface area contributed by atoms with Gasteiger partial charge in [0.15, 0.2) is 0 Å². The minimum absolute atomic E-state index is 0.168. The normalized spacial score (nSPS) is 18.4. The summed E-state index contributed by atoms with van der Waals surface area (Å²) >= 11 is 0. The van der Waals surface area contributed by atoms with Crippen LogP contribution >= 0.6 is 0 Å². The molecule has 5 nitrogen and oxygen atoms in total. The van der Waals surface area contributed by atoms with Crippen LogP contribution in [-0.4, -0.2) is 41.0 Å². The first-order chi connectivity index (χ1) is 11.2. The Balaban J connectivity index is 1.33. The molecule has 1 aliphatic carbocycles. The van der Waals surface area contributed by atoms with E-state index in [1.165, 1.54) is 11.1 Å². The molecule has 5 heteroatoms. The van der Waals surface area contributed by atoms with Gasteiger partial charge in [0.2, 0.25) is 0 Å². The Hall–Kier alpha value is -2.40. The zero-order valence-electron chi connectivity index (χ0n) is 12.8. The minimum Gasteiger partial charge on any atom is -0.488 e. The van der Waals surface area contributed by atoms with Gasteiger partial charge in [0.1, 0.15) is 17.5 Å². The first-order valence-corrected chi connectivity index (χ1v) is 7.92. The van der Waals surface area contributed by atoms with E-state index in [2.05, 4.69) is 34.1 Å². The van der Waals surface area contributed by atoms with E-state index >= 15 is 0 Å². The van der Waals surface area contributed by atoms with Crippen LogP contribution in [0, 0.1) is 0 Å². The Bertz CT molecular complexity index is 716. The van der Waals surface area contributed by atoms with Gasteiger partial charge < -0.3 is 10.5 Å². The summed E-state index contributed by atoms with van der Waals surface area (Å²) in [7, 11) is 0. The molecule has 2 aromatic rings. The molecule has 2 heterocycles. The second kappa shape index (κ2) is 5.66. The number of aromatic nitrogens is 1. The molecule has 1 aliphatic heterocycles. The van der Waals surface area contributed by atoms with Gasteiger partial charge in [-0.25, -0.2) is 0 Å². The lowest BCUT2D eigenvalue weighted by atomic mass is 10.1. The van der Waals surface area contributed by atoms with Crippen LogP contribution in [0.1, 0.15) is 21.6 Å². The van der Waals surface area contributed by atoms with Gasteiger partial charge in [0.25, 0.3) is 5.91 Å². The fourth-order valence-corrected chi connectivity index (χ4v) is 3.45. The van der Waals surface area contributed by atoms with Gasteiger partial charge in [-0.1, -0.05) is 24.3 Å². The van der Waals surface area contributed by atoms with Crippen molar-refractivity contribution in [3.8, 4) is 5.75 Å². The SMILES string of the molecule is NC(=O)c1cc(OC2CN(C3Cc4ccccc4C3)C2)ccn1. The Labute approximate surface area is 135 Å². The highest BCUT2D eigenvalue weighted by molar-refractivity contribution is 5.91. The van der Waals surface area contributed by atoms with Crippen LogP contribution in [0.4, 0.5) is 0 Å². The van der Waals surface area contributed by atoms with Crippen LogP contribution in [0.3, 0.4) is 0 Å². The molecule has 0 radical (unpaired) electrons. The van der Waals surface area contributed by atoms with Crippen molar-refractivity contribution in [1.29, 1.82) is 0 Å². The molecule has 0 bridgehead atoms. The van der Waals surface area contributed by atoms with Gasteiger partial charge in [-0.3, -0.25) is 14.7 Å². The maximum Gasteiger partial charge on any atom is 0.267 e. The molecule has 1 saturated heterocycles. The van der Waals surface area contributed by atoms with E-state index in [-0.39, 0.29) is 11.8 Å². The lowest BCUT2D eigenvalue weighted by molar-refractivity contribution is -0.00659. The third-order valence-corrected chi connectivity index (χ3v) is 4.71. The lowest BCUT2D eigenvalue weighted by Crippen LogP contribution is -2.58. The van der Waals surface area contributed by atoms with Crippen LogP contribution in [0.25, 0.3) is 0 Å². The number of hydrogen-bond donors (Lipinski definition) is 1. The van der Waals surface area contributed by atoms with E-state index in [4.69, 9.17) is 10.5 Å². The van der Waals surface area contributed by atoms with Crippen molar-refractivity contribution in [2.24, 2.45) is 5.73 Å². The molecular weight excluding hydrogens is 290 g/mol. The zero-order chi connectivity index (χ0) is 15.8. The topological polar surface area (TPSA) is 68.5 Å². The van der Waals surface area contributed by atoms with Crippen molar-refractivity contribution < 1.29 is 9.53 Å². The predicted molar refractivity (Wildman–Crippen MR) is 86.4 cm³/mol. The van der Waals surface area contributed by atoms with E-state index in [0.29, 0.717) is 11.8 Å². The number of likely N-dealkylation sites (tertiary alicyclic amines) is 1. The highest BCUT2D eigenvalue weighted by Crippen LogP contribution is 2.29. The monoisotopic (exact) mass is 309 g/mol. The number of nitrogens with two attached hydrogens (primary N) is 1. The molecule has 1 aromatic carbocycles. The van der Waals surface area contributed by atoms with Crippen molar-refractivity contribution in [2.45, 2.75) is 25.0 Å². The number of fused-ring (bicyclic) bond motifs is 1. The van der Waals surface area contributed by atoms with Crippen LogP contribution in [-0.2, 0) is 12.8 Å². The maximum absolute atomic E-state index is 11.2. The van der Waals surface area contributed by atoms with Crippen LogP contribution < -0.4 is 10.5 Å². The van der Waals surface area contributed by atoms with Crippen molar-refractivity contribution in [3.63, 3.8) is 0 Å². The number of amides is 1. The molecule has 1 aromatic heterocycles. The van der Waals surface area contributed by atoms with Crippen molar-refractivity contribution in [2.75, 3.05) is 13.1 Å². The molecule has 2 N–H and O–H groups in total. The fraction of sp³-hybridized carbons (Fsp3) is 0.333. The summed E-state index contributed by atoms with van der Waals surface area (Å²) in [5.41, 5.74) is 8.43. The average molecular weight is 309 g/mol. The maximum atomic E-state index is 11.2. The van der Waals surface area contributed by atoms with E-state index in [0.717, 1.165) is 25.9 Å². The third-order valence-electron chi connectivity index (χ3n) is 4.71. The zero-order valence-corrected chi connectivity index (χ0v) is 12.8. The third kappa shape index (κ3) is 2.80. The quantitative estimate of drug-likeness (QED) is 0.927. The first-order valence-electron chi connectivity index (χ1n) is 7.92. The van der Waals surface area contributed by atoms with Crippen molar-refractivity contribution in [3.05, 3.63) is 59.4 Å². The largest absolute Gasteiger partial charge is 0.488 e. The highest BCUT2D eigenvalue weighted by atomic mass is 16.5. The molecule has 4 rings (SSSR count). The molecule has 0 spiro atoms. The predicted octanol–water partition coefficient (Wildman–Crippen LogP) is 1.41. The standard InChI is InChI=1S/C18H19N3O2/c19-18(22)17-9-15(5-6-20-17)23-16-10-21(11-16)14-7-12-3-1-2-4-13(12)8-14/h1-6,9,14,16H,7-8,10-11H2,(H2,19,22). The number of rotatable bonds is 4. The summed E-state index contributed by atoms with van der Waals surface area (Å²) in [5.74, 6) is 0.127. The van der Waals surface area contributed by atoms with Gasteiger partial charge >= 0.3 is 0 Å². The van der Waals surface area contributed by atoms with Gasteiger partial charge in [0.05, 0.1) is 0 Å². The van der Waals surface area contributed by atoms with Gasteiger partial charge in [-0.05, 0) is 30.0 Å². The second-order valence-electron chi connectivity index (χ2n) is 6.27. The molecule has 0 saturated carbocycles. The molecular formula is C18H19N3O2. The number of carbonyl (C=O) groups excluding carboxylic acids is 1. The van der Waals surface area contributed by atoms with E-state index in [9.17, 15) is 4.79 Å². The Morgan fingerprint density at radius 3 is 2.52 bits per heavy atom. The highest BCUT2D eigenvalue weighted by Gasteiger charge is 2.36. The van der Waals surface area contributed by atoms with E-state index < -0.39 is 5.91 Å². The van der Waals surface area contributed by atoms with Crippen molar-refractivity contribution in [1.82, 2.24) is 9.88 Å². The fourth-order valence-electron chi connectivity index (χ4n) is 3.45. The average Bonchev–Trinajstić information content (AvgIpc) is 2.94. The number of hydrogen-bond acceptors (Lipinski definition) is 4. The number of benzene rings is 1. The van der Waals surface area contributed by atoms with Crippen molar-refractivity contribution >= 4 is 5.91 Å². The van der Waals surface area contributed by atoms with Gasteiger partial charge in [-0.2, -0.15) is 0 Å². The minimum atomic E-state index is -0.533. The van der Waals surface area contributed by atoms with E-state index in [1.54, 1.807) is 18.3 Å². The van der Waals surface area contributed by atoms with Crippen LogP contribution in [0.5, 0.6) is 5.75 Å². The molecule has 2 aliphatic rings. The number of nitrogens with zero attached hydrogens (tertiary/aromatic N) is 2. The second-order valence-corrected chi connectivity index (χ2v) is 6.27. The molecule has 118 valence electrons. The molecule has 0 atom stereocenters. The number of primary amides is 1. The van der Waals surface area contributed by atoms with Gasteiger partial charge in [0, 0.05) is 31.4 Å². The number of pyridine rings is 1. The smallest absolute Gasteiger partial charge is 0.267 e. The lowest BCUT2D eigenvalue weighted by Gasteiger charge is -2.42. The van der Waals surface area contributed by atoms with Crippen LogP contribution in [0.15, 0.2) is 42.6 Å². The number of carbonyl (C=O) groups is 1. The summed E-state index contributed by atoms with van der Waals surface area (Å²) in [6.07, 6.45) is 3.98. The molecule has 0 unspecified atom stereocenters. The van der Waals surface area contributed by atoms with E-state index in [1.807, 2.05) is 0 Å². The summed E-state index contributed by atoms with van der Waals surface area (Å²) in [5, 5.41) is 0. The van der Waals surface area contributed by atoms with Gasteiger partial charge in [-0.15, -0.1) is 0 Å². The Kier molecular flexibility index (Phi) is 3.50. The molecule has 23 heavy (non-hydrogen) atoms. The van der Waals surface area contributed by atoms with Crippen LogP contribution in [0.2, 0.25) is 0 Å². The molecule has 1 fully saturated rings. The molecule has 1 amide bonds. The Morgan fingerprint density at radius 2 is 1.87 bits per heavy atom. The summed E-state index contributed by atoms with van der Waals surface area (Å²) in [4.78, 5) is 17.6.